The molecule has 16 heteroatoms. The van der Waals surface area contributed by atoms with Crippen LogP contribution in [0.15, 0.2) is 0 Å². The smallest absolute Gasteiger partial charge is 0.466 e. The molecular formula is C58H105NO15. The molecule has 0 atom stereocenters. The van der Waals surface area contributed by atoms with E-state index in [0.717, 1.165) is 70.9 Å². The second-order valence-corrected chi connectivity index (χ2v) is 19.9. The van der Waals surface area contributed by atoms with Crippen LogP contribution < -0.4 is 0 Å². The number of unbranched alkanes of at least 4 members (excludes halogenated alkanes) is 21. The van der Waals surface area contributed by atoms with Crippen molar-refractivity contribution >= 4 is 42.0 Å². The molecular weight excluding hydrogens is 951 g/mol. The maximum Gasteiger partial charge on any atom is 0.508 e. The fourth-order valence-corrected chi connectivity index (χ4v) is 7.97. The maximum atomic E-state index is 13.2. The van der Waals surface area contributed by atoms with Gasteiger partial charge in [-0.05, 0) is 77.3 Å². The van der Waals surface area contributed by atoms with E-state index in [9.17, 15) is 33.6 Å². The summed E-state index contributed by atoms with van der Waals surface area (Å²) in [7, 11) is 0. The molecule has 0 saturated heterocycles. The average Bonchev–Trinajstić information content (AvgIpc) is 3.39. The summed E-state index contributed by atoms with van der Waals surface area (Å²) in [5.41, 5.74) is -1.53. The predicted molar refractivity (Wildman–Crippen MR) is 287 cm³/mol. The van der Waals surface area contributed by atoms with Crippen LogP contribution in [-0.4, -0.2) is 119 Å². The van der Waals surface area contributed by atoms with E-state index in [1.807, 2.05) is 13.8 Å². The summed E-state index contributed by atoms with van der Waals surface area (Å²) in [6, 6.07) is 0. The molecule has 0 aliphatic carbocycles. The SMILES string of the molecule is CCCCCCCCCOC(=O)CCCCC(=O)OCC(COC(=O)CCCCC(=O)OCCCCCCCCC)(COC(=O)CCCCC(=O)OCCCCCCCCC)COC(=O)OCCCN(CC)CC. The second kappa shape index (κ2) is 51.2. The second-order valence-electron chi connectivity index (χ2n) is 19.9. The number of esters is 6. The molecule has 74 heavy (non-hydrogen) atoms. The van der Waals surface area contributed by atoms with Gasteiger partial charge in [0, 0.05) is 45.1 Å². The molecule has 0 heterocycles. The Hall–Kier alpha value is -3.95. The predicted octanol–water partition coefficient (Wildman–Crippen LogP) is 13.1. The summed E-state index contributed by atoms with van der Waals surface area (Å²) in [4.78, 5) is 91.6. The Balaban J connectivity index is 5.62. The molecule has 0 saturated carbocycles. The van der Waals surface area contributed by atoms with E-state index >= 15 is 0 Å². The van der Waals surface area contributed by atoms with Crippen LogP contribution in [0.5, 0.6) is 0 Å². The van der Waals surface area contributed by atoms with Crippen LogP contribution in [0.3, 0.4) is 0 Å². The number of hydrogen-bond acceptors (Lipinski definition) is 16. The average molecular weight is 1060 g/mol. The number of hydrogen-bond donors (Lipinski definition) is 0. The first-order chi connectivity index (χ1) is 35.9. The molecule has 0 spiro atoms. The van der Waals surface area contributed by atoms with Crippen molar-refractivity contribution in [2.24, 2.45) is 5.41 Å². The van der Waals surface area contributed by atoms with Crippen LogP contribution >= 0.6 is 0 Å². The molecule has 16 nitrogen and oxygen atoms in total. The first-order valence-electron chi connectivity index (χ1n) is 29.4. The molecule has 0 rings (SSSR count). The van der Waals surface area contributed by atoms with Crippen LogP contribution in [0.4, 0.5) is 4.79 Å². The fraction of sp³-hybridized carbons (Fsp3) is 0.879. The number of ether oxygens (including phenoxy) is 8. The third-order valence-corrected chi connectivity index (χ3v) is 12.9. The molecule has 0 aliphatic rings. The highest BCUT2D eigenvalue weighted by Gasteiger charge is 2.38. The summed E-state index contributed by atoms with van der Waals surface area (Å²) < 4.78 is 44.1. The molecule has 0 bridgehead atoms. The van der Waals surface area contributed by atoms with E-state index in [4.69, 9.17) is 37.9 Å². The Bertz CT molecular complexity index is 1280. The zero-order chi connectivity index (χ0) is 54.6. The third kappa shape index (κ3) is 45.4. The molecule has 0 aromatic rings. The lowest BCUT2D eigenvalue weighted by atomic mass is 9.92. The lowest BCUT2D eigenvalue weighted by Gasteiger charge is -2.31. The Morgan fingerprint density at radius 1 is 0.284 bits per heavy atom. The van der Waals surface area contributed by atoms with Crippen molar-refractivity contribution in [3.63, 3.8) is 0 Å². The van der Waals surface area contributed by atoms with Gasteiger partial charge in [0.1, 0.15) is 31.8 Å². The van der Waals surface area contributed by atoms with Crippen LogP contribution in [0.2, 0.25) is 0 Å². The molecule has 0 unspecified atom stereocenters. The summed E-state index contributed by atoms with van der Waals surface area (Å²) in [6.07, 6.45) is 25.6. The van der Waals surface area contributed by atoms with Gasteiger partial charge >= 0.3 is 42.0 Å². The Labute approximate surface area is 447 Å². The summed E-state index contributed by atoms with van der Waals surface area (Å²) in [5.74, 6) is -2.79. The van der Waals surface area contributed by atoms with Gasteiger partial charge in [0.25, 0.3) is 0 Å². The van der Waals surface area contributed by atoms with Crippen molar-refractivity contribution < 1.29 is 71.5 Å². The van der Waals surface area contributed by atoms with Crippen molar-refractivity contribution in [3.8, 4) is 0 Å². The Morgan fingerprint density at radius 3 is 0.838 bits per heavy atom. The topological polar surface area (TPSA) is 197 Å². The highest BCUT2D eigenvalue weighted by Crippen LogP contribution is 2.24. The van der Waals surface area contributed by atoms with Gasteiger partial charge in [0.15, 0.2) is 0 Å². The highest BCUT2D eigenvalue weighted by molar-refractivity contribution is 5.72. The molecule has 0 aliphatic heterocycles. The summed E-state index contributed by atoms with van der Waals surface area (Å²) >= 11 is 0. The minimum atomic E-state index is -1.53. The zero-order valence-electron chi connectivity index (χ0n) is 47.4. The minimum absolute atomic E-state index is 0.0287. The molecule has 0 aromatic heterocycles. The minimum Gasteiger partial charge on any atom is -0.466 e. The van der Waals surface area contributed by atoms with Crippen molar-refractivity contribution in [2.75, 3.05) is 72.5 Å². The van der Waals surface area contributed by atoms with Gasteiger partial charge in [-0.15, -0.1) is 0 Å². The molecule has 432 valence electrons. The normalized spacial score (nSPS) is 11.3. The molecule has 0 N–H and O–H groups in total. The van der Waals surface area contributed by atoms with Gasteiger partial charge in [0.2, 0.25) is 0 Å². The summed E-state index contributed by atoms with van der Waals surface area (Å²) in [6.45, 7) is 12.4. The first kappa shape index (κ1) is 70.1. The number of rotatable bonds is 53. The van der Waals surface area contributed by atoms with E-state index in [1.165, 1.54) is 77.0 Å². The van der Waals surface area contributed by atoms with Gasteiger partial charge < -0.3 is 42.8 Å². The Kier molecular flexibility index (Phi) is 48.4. The van der Waals surface area contributed by atoms with Crippen LogP contribution in [-0.2, 0) is 66.7 Å². The van der Waals surface area contributed by atoms with Crippen LogP contribution in [0.25, 0.3) is 0 Å². The molecule has 0 radical (unpaired) electrons. The van der Waals surface area contributed by atoms with Crippen molar-refractivity contribution in [3.05, 3.63) is 0 Å². The largest absolute Gasteiger partial charge is 0.508 e. The van der Waals surface area contributed by atoms with E-state index in [-0.39, 0.29) is 63.0 Å². The first-order valence-corrected chi connectivity index (χ1v) is 29.4. The number of nitrogens with zero attached hydrogens (tertiary/aromatic N) is 1. The van der Waals surface area contributed by atoms with Crippen molar-refractivity contribution in [2.45, 2.75) is 253 Å². The lowest BCUT2D eigenvalue weighted by Crippen LogP contribution is -2.44. The highest BCUT2D eigenvalue weighted by atomic mass is 16.7. The van der Waals surface area contributed by atoms with Gasteiger partial charge in [-0.25, -0.2) is 4.79 Å². The van der Waals surface area contributed by atoms with E-state index in [0.29, 0.717) is 71.3 Å². The van der Waals surface area contributed by atoms with E-state index in [1.54, 1.807) is 0 Å². The van der Waals surface area contributed by atoms with Crippen molar-refractivity contribution in [1.82, 2.24) is 4.90 Å². The molecule has 0 amide bonds. The third-order valence-electron chi connectivity index (χ3n) is 12.9. The van der Waals surface area contributed by atoms with Gasteiger partial charge in [-0.1, -0.05) is 150 Å². The van der Waals surface area contributed by atoms with Crippen LogP contribution in [0, 0.1) is 5.41 Å². The number of carbonyl (C=O) groups excluding carboxylic acids is 7. The quantitative estimate of drug-likeness (QED) is 0.0316. The molecule has 0 aromatic carbocycles. The zero-order valence-corrected chi connectivity index (χ0v) is 47.4. The Morgan fingerprint density at radius 2 is 0.541 bits per heavy atom. The van der Waals surface area contributed by atoms with Gasteiger partial charge in [-0.3, -0.25) is 28.8 Å². The summed E-state index contributed by atoms with van der Waals surface area (Å²) in [5, 5.41) is 0. The fourth-order valence-electron chi connectivity index (χ4n) is 7.97. The van der Waals surface area contributed by atoms with Crippen LogP contribution in [0.1, 0.15) is 253 Å². The number of carbonyl (C=O) groups is 7. The monoisotopic (exact) mass is 1060 g/mol. The molecule has 0 fully saturated rings. The van der Waals surface area contributed by atoms with E-state index in [2.05, 4.69) is 25.7 Å². The maximum absolute atomic E-state index is 13.2. The van der Waals surface area contributed by atoms with Gasteiger partial charge in [-0.2, -0.15) is 0 Å². The standard InChI is InChI=1S/C58H105NO15/c1-6-11-14-17-20-23-32-43-67-51(60)36-26-29-39-54(63)71-47-58(50-74-57(66)70-46-35-42-59(9-4)10-5,48-72-55(64)40-30-27-37-52(61)68-44-33-24-21-18-15-12-7-2)49-73-56(65)41-31-28-38-53(62)69-45-34-25-22-19-16-13-8-3/h6-50H2,1-5H3. The van der Waals surface area contributed by atoms with Crippen molar-refractivity contribution in [1.29, 1.82) is 0 Å². The van der Waals surface area contributed by atoms with Gasteiger partial charge in [0.05, 0.1) is 26.4 Å². The lowest BCUT2D eigenvalue weighted by molar-refractivity contribution is -0.166. The van der Waals surface area contributed by atoms with E-state index < -0.39 is 55.9 Å².